The molecule has 1 aromatic carbocycles. The maximum atomic E-state index is 12.8. The fraction of sp³-hybridized carbons (Fsp3) is 0.143. The average molecular weight is 244 g/mol. The molecule has 1 aromatic rings. The molecule has 0 saturated heterocycles. The summed E-state index contributed by atoms with van der Waals surface area (Å²) < 4.78 is 77.0. The van der Waals surface area contributed by atoms with Gasteiger partial charge >= 0.3 is 8.69 Å². The highest BCUT2D eigenvalue weighted by atomic mass is 31.1. The summed E-state index contributed by atoms with van der Waals surface area (Å²) in [7, 11) is -0.924. The van der Waals surface area contributed by atoms with Gasteiger partial charge in [0.05, 0.1) is 12.2 Å². The zero-order valence-corrected chi connectivity index (χ0v) is 7.76. The van der Waals surface area contributed by atoms with Crippen molar-refractivity contribution in [3.05, 3.63) is 34.6 Å². The second kappa shape index (κ2) is 4.63. The van der Waals surface area contributed by atoms with E-state index < -0.39 is 49.9 Å². The number of hydrogen-bond donors (Lipinski definition) is 0. The summed E-state index contributed by atoms with van der Waals surface area (Å²) in [5.74, 6) is -10.3. The van der Waals surface area contributed by atoms with E-state index in [1.165, 1.54) is 0 Å². The highest BCUT2D eigenvalue weighted by molar-refractivity contribution is 7.17. The number of rotatable bonds is 3. The Hall–Kier alpha value is -1.07. The van der Waals surface area contributed by atoms with Crippen LogP contribution in [0.3, 0.4) is 0 Å². The summed E-state index contributed by atoms with van der Waals surface area (Å²) in [5, 5.41) is 0. The van der Waals surface area contributed by atoms with E-state index >= 15 is 0 Å². The second-order valence-corrected chi connectivity index (χ2v) is 2.80. The Morgan fingerprint density at radius 3 is 1.67 bits per heavy atom. The van der Waals surface area contributed by atoms with E-state index in [1.807, 2.05) is 0 Å². The summed E-state index contributed by atoms with van der Waals surface area (Å²) in [6.45, 7) is -0.975. The number of hydrogen-bond acceptors (Lipinski definition) is 2. The third kappa shape index (κ3) is 2.13. The molecule has 2 nitrogen and oxygen atoms in total. The van der Waals surface area contributed by atoms with Gasteiger partial charge in [0.15, 0.2) is 23.3 Å². The predicted octanol–water partition coefficient (Wildman–Crippen LogP) is 3.11. The number of halogens is 5. The van der Waals surface area contributed by atoms with Crippen molar-refractivity contribution in [1.29, 1.82) is 0 Å². The summed E-state index contributed by atoms with van der Waals surface area (Å²) in [4.78, 5) is 0. The van der Waals surface area contributed by atoms with Crippen molar-refractivity contribution in [2.45, 2.75) is 6.61 Å². The Bertz CT molecular complexity index is 380. The summed E-state index contributed by atoms with van der Waals surface area (Å²) >= 11 is 0. The largest absolute Gasteiger partial charge is 0.327 e. The summed E-state index contributed by atoms with van der Waals surface area (Å²) in [6, 6.07) is 0. The maximum absolute atomic E-state index is 12.8. The lowest BCUT2D eigenvalue weighted by atomic mass is 10.2. The lowest BCUT2D eigenvalue weighted by Crippen LogP contribution is -2.07. The van der Waals surface area contributed by atoms with E-state index in [2.05, 4.69) is 4.52 Å². The minimum absolute atomic E-state index is 0.924. The molecule has 8 heteroatoms. The van der Waals surface area contributed by atoms with Gasteiger partial charge in [-0.1, -0.05) is 0 Å². The van der Waals surface area contributed by atoms with Crippen molar-refractivity contribution in [2.24, 2.45) is 0 Å². The van der Waals surface area contributed by atoms with Crippen LogP contribution in [0.5, 0.6) is 0 Å². The van der Waals surface area contributed by atoms with Crippen molar-refractivity contribution in [3.63, 3.8) is 0 Å². The molecule has 0 saturated carbocycles. The van der Waals surface area contributed by atoms with Crippen LogP contribution in [0.15, 0.2) is 0 Å². The minimum atomic E-state index is -2.24. The Kier molecular flexibility index (Phi) is 3.71. The zero-order chi connectivity index (χ0) is 11.6. The maximum Gasteiger partial charge on any atom is 0.327 e. The van der Waals surface area contributed by atoms with Crippen LogP contribution in [0.4, 0.5) is 22.0 Å². The molecule has 0 amide bonds. The molecule has 15 heavy (non-hydrogen) atoms. The van der Waals surface area contributed by atoms with Gasteiger partial charge in [0.25, 0.3) is 0 Å². The van der Waals surface area contributed by atoms with Crippen LogP contribution >= 0.6 is 8.69 Å². The molecule has 0 atom stereocenters. The molecule has 0 unspecified atom stereocenters. The van der Waals surface area contributed by atoms with Crippen molar-refractivity contribution in [2.75, 3.05) is 0 Å². The van der Waals surface area contributed by atoms with E-state index in [4.69, 9.17) is 0 Å². The van der Waals surface area contributed by atoms with Crippen LogP contribution in [0.1, 0.15) is 5.56 Å². The highest BCUT2D eigenvalue weighted by Crippen LogP contribution is 2.24. The van der Waals surface area contributed by atoms with E-state index in [0.29, 0.717) is 0 Å². The van der Waals surface area contributed by atoms with Crippen LogP contribution in [-0.4, -0.2) is 0 Å². The fourth-order valence-corrected chi connectivity index (χ4v) is 1.05. The van der Waals surface area contributed by atoms with Gasteiger partial charge in [-0.2, -0.15) is 0 Å². The topological polar surface area (TPSA) is 26.3 Å². The third-order valence-electron chi connectivity index (χ3n) is 1.56. The minimum Gasteiger partial charge on any atom is -0.289 e. The molecule has 1 rings (SSSR count). The second-order valence-electron chi connectivity index (χ2n) is 2.40. The van der Waals surface area contributed by atoms with Crippen LogP contribution < -0.4 is 0 Å². The Morgan fingerprint density at radius 1 is 0.867 bits per heavy atom. The van der Waals surface area contributed by atoms with Crippen molar-refractivity contribution in [1.82, 2.24) is 0 Å². The molecular weight excluding hydrogens is 242 g/mol. The lowest BCUT2D eigenvalue weighted by molar-refractivity contribution is 0.299. The Balaban J connectivity index is 3.31. The molecule has 0 aliphatic rings. The van der Waals surface area contributed by atoms with Crippen LogP contribution in [0, 0.1) is 29.1 Å². The smallest absolute Gasteiger partial charge is 0.289 e. The SMILES string of the molecule is O=POCc1c(F)c(F)c(F)c(F)c1F. The fourth-order valence-electron chi connectivity index (χ4n) is 0.868. The number of benzene rings is 1. The summed E-state index contributed by atoms with van der Waals surface area (Å²) in [6.07, 6.45) is 0. The summed E-state index contributed by atoms with van der Waals surface area (Å²) in [5.41, 5.74) is -1.16. The molecular formula is C7H2F5O2P. The average Bonchev–Trinajstić information content (AvgIpc) is 2.24. The van der Waals surface area contributed by atoms with Gasteiger partial charge in [-0.15, -0.1) is 0 Å². The molecule has 0 fully saturated rings. The molecule has 0 heterocycles. The first-order chi connectivity index (χ1) is 7.00. The molecule has 0 aliphatic heterocycles. The predicted molar refractivity (Wildman–Crippen MR) is 38.6 cm³/mol. The molecule has 0 spiro atoms. The normalized spacial score (nSPS) is 11.0. The molecule has 0 radical (unpaired) electrons. The van der Waals surface area contributed by atoms with E-state index in [0.717, 1.165) is 0 Å². The van der Waals surface area contributed by atoms with Gasteiger partial charge in [0.2, 0.25) is 5.82 Å². The quantitative estimate of drug-likeness (QED) is 0.353. The van der Waals surface area contributed by atoms with Crippen LogP contribution in [0.2, 0.25) is 0 Å². The molecule has 0 aromatic heterocycles. The molecule has 0 aliphatic carbocycles. The van der Waals surface area contributed by atoms with Gasteiger partial charge in [-0.3, -0.25) is 4.52 Å². The van der Waals surface area contributed by atoms with Gasteiger partial charge in [-0.05, 0) is 0 Å². The van der Waals surface area contributed by atoms with E-state index in [-0.39, 0.29) is 0 Å². The monoisotopic (exact) mass is 244 g/mol. The Morgan fingerprint density at radius 2 is 1.27 bits per heavy atom. The Labute approximate surface area is 81.9 Å². The first-order valence-electron chi connectivity index (χ1n) is 3.45. The van der Waals surface area contributed by atoms with Gasteiger partial charge < -0.3 is 0 Å². The van der Waals surface area contributed by atoms with Gasteiger partial charge in [0.1, 0.15) is 0 Å². The van der Waals surface area contributed by atoms with Crippen LogP contribution in [-0.2, 0) is 15.7 Å². The van der Waals surface area contributed by atoms with Crippen LogP contribution in [0.25, 0.3) is 0 Å². The first kappa shape index (κ1) is 12.0. The lowest BCUT2D eigenvalue weighted by Gasteiger charge is -2.05. The van der Waals surface area contributed by atoms with Crippen molar-refractivity contribution in [3.8, 4) is 0 Å². The van der Waals surface area contributed by atoms with Crippen molar-refractivity contribution >= 4 is 8.69 Å². The standard InChI is InChI=1S/C7H2F5O2P/c8-3-2(1-14-15-13)4(9)6(11)7(12)5(3)10/h1H2. The third-order valence-corrected chi connectivity index (χ3v) is 1.80. The van der Waals surface area contributed by atoms with Gasteiger partial charge in [-0.25, -0.2) is 26.5 Å². The van der Waals surface area contributed by atoms with E-state index in [1.54, 1.807) is 0 Å². The first-order valence-corrected chi connectivity index (χ1v) is 4.18. The van der Waals surface area contributed by atoms with Gasteiger partial charge in [0, 0.05) is 0 Å². The van der Waals surface area contributed by atoms with Crippen molar-refractivity contribution < 1.29 is 31.0 Å². The zero-order valence-electron chi connectivity index (χ0n) is 6.86. The molecule has 0 bridgehead atoms. The highest BCUT2D eigenvalue weighted by Gasteiger charge is 2.25. The molecule has 82 valence electrons. The molecule has 0 N–H and O–H groups in total. The van der Waals surface area contributed by atoms with E-state index in [9.17, 15) is 26.5 Å².